The molecule has 0 fully saturated rings. The average Bonchev–Trinajstić information content (AvgIpc) is 2.73. The van der Waals surface area contributed by atoms with Crippen LogP contribution in [-0.2, 0) is 0 Å². The summed E-state index contributed by atoms with van der Waals surface area (Å²) in [5, 5.41) is 1.32. The van der Waals surface area contributed by atoms with Gasteiger partial charge in [0.15, 0.2) is 0 Å². The van der Waals surface area contributed by atoms with Gasteiger partial charge in [0.2, 0.25) is 0 Å². The molecule has 30 heavy (non-hydrogen) atoms. The predicted octanol–water partition coefficient (Wildman–Crippen LogP) is 6.73. The minimum Gasteiger partial charge on any atom is -0.378 e. The molecule has 150 valence electrons. The van der Waals surface area contributed by atoms with Crippen LogP contribution in [0.5, 0.6) is 0 Å². The lowest BCUT2D eigenvalue weighted by Crippen LogP contribution is -2.22. The van der Waals surface area contributed by atoms with Gasteiger partial charge >= 0.3 is 0 Å². The molecular weight excluding hydrogens is 378 g/mol. The molecule has 1 nitrogen and oxygen atoms in total. The second kappa shape index (κ2) is 9.50. The van der Waals surface area contributed by atoms with Crippen molar-refractivity contribution in [1.29, 1.82) is 0 Å². The molecule has 3 rings (SSSR count). The SMILES string of the molecule is CN(C)c1cccc(C(=C=Cc2ccccc2C#Cc2ccccc2)[Si](C)(C)C)c1. The van der Waals surface area contributed by atoms with E-state index in [-0.39, 0.29) is 0 Å². The molecule has 0 atom stereocenters. The Kier molecular flexibility index (Phi) is 6.80. The first-order valence-electron chi connectivity index (χ1n) is 10.3. The van der Waals surface area contributed by atoms with Gasteiger partial charge in [-0.2, -0.15) is 0 Å². The summed E-state index contributed by atoms with van der Waals surface area (Å²) in [6.45, 7) is 7.10. The van der Waals surface area contributed by atoms with E-state index in [1.165, 1.54) is 16.4 Å². The minimum atomic E-state index is -1.61. The van der Waals surface area contributed by atoms with Crippen LogP contribution in [-0.4, -0.2) is 22.2 Å². The second-order valence-corrected chi connectivity index (χ2v) is 13.6. The molecule has 0 radical (unpaired) electrons. The van der Waals surface area contributed by atoms with Crippen molar-refractivity contribution in [2.24, 2.45) is 0 Å². The van der Waals surface area contributed by atoms with Crippen LogP contribution in [0, 0.1) is 11.8 Å². The zero-order chi connectivity index (χ0) is 21.6. The molecule has 0 amide bonds. The number of hydrogen-bond donors (Lipinski definition) is 0. The Balaban J connectivity index is 2.06. The summed E-state index contributed by atoms with van der Waals surface area (Å²) in [6.07, 6.45) is 2.10. The van der Waals surface area contributed by atoms with Crippen molar-refractivity contribution in [2.75, 3.05) is 19.0 Å². The van der Waals surface area contributed by atoms with Gasteiger partial charge in [0.25, 0.3) is 0 Å². The average molecular weight is 408 g/mol. The first kappa shape index (κ1) is 21.5. The normalized spacial score (nSPS) is 10.4. The van der Waals surface area contributed by atoms with Gasteiger partial charge < -0.3 is 4.90 Å². The van der Waals surface area contributed by atoms with E-state index in [0.29, 0.717) is 0 Å². The smallest absolute Gasteiger partial charge is 0.0883 e. The highest BCUT2D eigenvalue weighted by Gasteiger charge is 2.21. The summed E-state index contributed by atoms with van der Waals surface area (Å²) in [5.41, 5.74) is 9.27. The van der Waals surface area contributed by atoms with Crippen LogP contribution in [0.3, 0.4) is 0 Å². The van der Waals surface area contributed by atoms with Crippen LogP contribution in [0.2, 0.25) is 19.6 Å². The first-order chi connectivity index (χ1) is 14.3. The Hall–Kier alpha value is -3.24. The standard InChI is InChI=1S/C28H29NSi/c1-29(2)27-17-11-16-26(22-27)28(30(3,4)5)21-20-25-15-10-9-14-24(25)19-18-23-12-7-6-8-13-23/h6-17,20,22H,1-5H3. The molecule has 0 unspecified atom stereocenters. The quantitative estimate of drug-likeness (QED) is 0.263. The summed E-state index contributed by atoms with van der Waals surface area (Å²) < 4.78 is 0. The van der Waals surface area contributed by atoms with Gasteiger partial charge in [0, 0.05) is 30.9 Å². The van der Waals surface area contributed by atoms with Gasteiger partial charge in [-0.1, -0.05) is 80.0 Å². The molecule has 2 heteroatoms. The molecule has 0 saturated carbocycles. The lowest BCUT2D eigenvalue weighted by atomic mass is 10.1. The number of anilines is 1. The molecule has 3 aromatic rings. The minimum absolute atomic E-state index is 1.02. The lowest BCUT2D eigenvalue weighted by Gasteiger charge is -2.21. The fourth-order valence-corrected chi connectivity index (χ4v) is 4.75. The van der Waals surface area contributed by atoms with Crippen molar-refractivity contribution in [1.82, 2.24) is 0 Å². The Morgan fingerprint density at radius 2 is 1.50 bits per heavy atom. The van der Waals surface area contributed by atoms with Gasteiger partial charge in [-0.3, -0.25) is 0 Å². The predicted molar refractivity (Wildman–Crippen MR) is 134 cm³/mol. The van der Waals surface area contributed by atoms with E-state index in [2.05, 4.69) is 105 Å². The fourth-order valence-electron chi connectivity index (χ4n) is 3.22. The van der Waals surface area contributed by atoms with E-state index in [1.54, 1.807) is 0 Å². The van der Waals surface area contributed by atoms with Gasteiger partial charge in [-0.05, 0) is 52.7 Å². The zero-order valence-electron chi connectivity index (χ0n) is 18.5. The van der Waals surface area contributed by atoms with Crippen molar-refractivity contribution in [3.8, 4) is 11.8 Å². The highest BCUT2D eigenvalue weighted by Crippen LogP contribution is 2.28. The summed E-state index contributed by atoms with van der Waals surface area (Å²) >= 11 is 0. The Morgan fingerprint density at radius 1 is 0.800 bits per heavy atom. The molecule has 0 N–H and O–H groups in total. The van der Waals surface area contributed by atoms with Gasteiger partial charge in [-0.15, -0.1) is 5.73 Å². The molecule has 0 aliphatic carbocycles. The summed E-state index contributed by atoms with van der Waals surface area (Å²) in [4.78, 5) is 2.14. The molecular formula is C28H29NSi. The highest BCUT2D eigenvalue weighted by molar-refractivity contribution is 6.93. The summed E-state index contributed by atoms with van der Waals surface area (Å²) in [5.74, 6) is 6.60. The Bertz CT molecular complexity index is 1130. The second-order valence-electron chi connectivity index (χ2n) is 8.56. The van der Waals surface area contributed by atoms with Gasteiger partial charge in [0.05, 0.1) is 8.07 Å². The lowest BCUT2D eigenvalue weighted by molar-refractivity contribution is 1.13. The van der Waals surface area contributed by atoms with Crippen LogP contribution < -0.4 is 4.90 Å². The van der Waals surface area contributed by atoms with E-state index < -0.39 is 8.07 Å². The van der Waals surface area contributed by atoms with Gasteiger partial charge in [0.1, 0.15) is 0 Å². The van der Waals surface area contributed by atoms with Crippen molar-refractivity contribution < 1.29 is 0 Å². The Morgan fingerprint density at radius 3 is 2.20 bits per heavy atom. The maximum absolute atomic E-state index is 3.66. The highest BCUT2D eigenvalue weighted by atomic mass is 28.3. The van der Waals surface area contributed by atoms with E-state index >= 15 is 0 Å². The molecule has 0 saturated heterocycles. The van der Waals surface area contributed by atoms with Crippen molar-refractivity contribution in [3.05, 3.63) is 107 Å². The van der Waals surface area contributed by atoms with Crippen LogP contribution >= 0.6 is 0 Å². The first-order valence-corrected chi connectivity index (χ1v) is 13.8. The Labute approximate surface area is 182 Å². The van der Waals surface area contributed by atoms with Crippen molar-refractivity contribution >= 4 is 25.0 Å². The van der Waals surface area contributed by atoms with Gasteiger partial charge in [-0.25, -0.2) is 0 Å². The van der Waals surface area contributed by atoms with Crippen molar-refractivity contribution in [2.45, 2.75) is 19.6 Å². The number of rotatable bonds is 4. The van der Waals surface area contributed by atoms with E-state index in [4.69, 9.17) is 0 Å². The van der Waals surface area contributed by atoms with Crippen LogP contribution in [0.4, 0.5) is 5.69 Å². The largest absolute Gasteiger partial charge is 0.378 e. The van der Waals surface area contributed by atoms with Crippen LogP contribution in [0.25, 0.3) is 11.3 Å². The monoisotopic (exact) mass is 407 g/mol. The molecule has 0 spiro atoms. The molecule has 0 heterocycles. The zero-order valence-corrected chi connectivity index (χ0v) is 19.5. The fraction of sp³-hybridized carbons (Fsp3) is 0.179. The number of nitrogens with zero attached hydrogens (tertiary/aromatic N) is 1. The summed E-state index contributed by atoms with van der Waals surface area (Å²) in [6, 6.07) is 27.1. The van der Waals surface area contributed by atoms with E-state index in [9.17, 15) is 0 Å². The molecule has 3 aromatic carbocycles. The molecule has 0 bridgehead atoms. The van der Waals surface area contributed by atoms with E-state index in [1.807, 2.05) is 36.4 Å². The third kappa shape index (κ3) is 5.64. The van der Waals surface area contributed by atoms with E-state index in [0.717, 1.165) is 16.7 Å². The number of hydrogen-bond acceptors (Lipinski definition) is 1. The molecule has 0 aromatic heterocycles. The number of benzene rings is 3. The third-order valence-corrected chi connectivity index (χ3v) is 6.78. The maximum atomic E-state index is 3.66. The van der Waals surface area contributed by atoms with Crippen molar-refractivity contribution in [3.63, 3.8) is 0 Å². The maximum Gasteiger partial charge on any atom is 0.0883 e. The third-order valence-electron chi connectivity index (χ3n) is 4.85. The topological polar surface area (TPSA) is 3.24 Å². The molecule has 0 aliphatic heterocycles. The molecule has 0 aliphatic rings. The van der Waals surface area contributed by atoms with Crippen LogP contribution in [0.1, 0.15) is 22.3 Å². The summed E-state index contributed by atoms with van der Waals surface area (Å²) in [7, 11) is 2.55. The van der Waals surface area contributed by atoms with Crippen LogP contribution in [0.15, 0.2) is 84.6 Å².